The third kappa shape index (κ3) is 1.83. The molecule has 7 heteroatoms. The number of amides is 3. The third-order valence-corrected chi connectivity index (χ3v) is 3.81. The lowest BCUT2D eigenvalue weighted by molar-refractivity contribution is -0.121. The van der Waals surface area contributed by atoms with E-state index in [0.29, 0.717) is 5.69 Å². The molecule has 0 fully saturated rings. The number of aliphatic imine (C=N–C) groups is 1. The smallest absolute Gasteiger partial charge is 0.301 e. The lowest BCUT2D eigenvalue weighted by atomic mass is 10.2. The van der Waals surface area contributed by atoms with Gasteiger partial charge in [-0.3, -0.25) is 14.4 Å². The van der Waals surface area contributed by atoms with Crippen molar-refractivity contribution in [2.45, 2.75) is 0 Å². The minimum absolute atomic E-state index is 0.101. The van der Waals surface area contributed by atoms with Gasteiger partial charge in [-0.1, -0.05) is 30.0 Å². The van der Waals surface area contributed by atoms with Gasteiger partial charge in [-0.05, 0) is 12.1 Å². The van der Waals surface area contributed by atoms with Gasteiger partial charge in [0, 0.05) is 0 Å². The fraction of sp³-hybridized carbons (Fsp3) is 0.0769. The summed E-state index contributed by atoms with van der Waals surface area (Å²) in [4.78, 5) is 40.0. The monoisotopic (exact) mass is 288 g/mol. The molecule has 2 aliphatic rings. The van der Waals surface area contributed by atoms with Crippen LogP contribution in [0.5, 0.6) is 0 Å². The Kier molecular flexibility index (Phi) is 2.90. The van der Waals surface area contributed by atoms with Gasteiger partial charge in [0.25, 0.3) is 11.8 Å². The van der Waals surface area contributed by atoms with Crippen molar-refractivity contribution in [2.24, 2.45) is 4.99 Å². The van der Waals surface area contributed by atoms with Crippen LogP contribution in [-0.4, -0.2) is 33.6 Å². The molecule has 0 unspecified atom stereocenters. The summed E-state index contributed by atoms with van der Waals surface area (Å²) in [5.74, 6) is -2.42. The van der Waals surface area contributed by atoms with Crippen molar-refractivity contribution in [3.05, 3.63) is 41.7 Å². The molecular weight excluding hydrogens is 280 g/mol. The molecule has 0 radical (unpaired) electrons. The maximum atomic E-state index is 12.3. The van der Waals surface area contributed by atoms with E-state index >= 15 is 0 Å². The van der Waals surface area contributed by atoms with Gasteiger partial charge in [0.05, 0.1) is 11.4 Å². The van der Waals surface area contributed by atoms with Crippen LogP contribution in [0.3, 0.4) is 0 Å². The molecule has 1 aromatic rings. The Labute approximate surface area is 117 Å². The highest BCUT2D eigenvalue weighted by molar-refractivity contribution is 8.15. The highest BCUT2D eigenvalue weighted by Crippen LogP contribution is 2.31. The maximum absolute atomic E-state index is 12.3. The van der Waals surface area contributed by atoms with Crippen LogP contribution in [-0.2, 0) is 14.4 Å². The van der Waals surface area contributed by atoms with Crippen LogP contribution in [0, 0.1) is 0 Å². The molecule has 0 atom stereocenters. The van der Waals surface area contributed by atoms with Gasteiger partial charge >= 0.3 is 5.91 Å². The van der Waals surface area contributed by atoms with E-state index in [0.717, 1.165) is 16.7 Å². The predicted octanol–water partition coefficient (Wildman–Crippen LogP) is 1.04. The summed E-state index contributed by atoms with van der Waals surface area (Å²) in [6, 6.07) is 8.27. The number of rotatable bonds is 2. The Bertz CT molecular complexity index is 694. The Morgan fingerprint density at radius 2 is 1.80 bits per heavy atom. The molecule has 3 rings (SSSR count). The fourth-order valence-corrected chi connectivity index (χ4v) is 2.78. The number of carbonyl (C=O) groups is 3. The van der Waals surface area contributed by atoms with Crippen LogP contribution in [0.15, 0.2) is 46.7 Å². The number of hydrogen-bond donors (Lipinski definition) is 1. The van der Waals surface area contributed by atoms with Crippen molar-refractivity contribution < 1.29 is 19.5 Å². The first-order valence-corrected chi connectivity index (χ1v) is 6.70. The zero-order valence-corrected chi connectivity index (χ0v) is 10.9. The number of nitrogens with zero attached hydrogens (tertiary/aromatic N) is 2. The first-order chi connectivity index (χ1) is 9.59. The SMILES string of the molecule is O=C1CSC(C2=C(O)C(=O)N(c3ccccc3)C2=O)=N1. The second-order valence-electron chi connectivity index (χ2n) is 4.10. The summed E-state index contributed by atoms with van der Waals surface area (Å²) in [5, 5.41) is 9.97. The molecule has 1 N–H and O–H groups in total. The van der Waals surface area contributed by atoms with E-state index < -0.39 is 17.6 Å². The van der Waals surface area contributed by atoms with E-state index in [2.05, 4.69) is 4.99 Å². The number of aliphatic hydroxyl groups excluding tert-OH is 1. The van der Waals surface area contributed by atoms with Gasteiger partial charge in [0.1, 0.15) is 10.6 Å². The largest absolute Gasteiger partial charge is 0.502 e. The van der Waals surface area contributed by atoms with Crippen molar-refractivity contribution >= 4 is 40.2 Å². The van der Waals surface area contributed by atoms with E-state index in [4.69, 9.17) is 0 Å². The number of hydrogen-bond acceptors (Lipinski definition) is 5. The number of anilines is 1. The molecule has 3 amide bonds. The van der Waals surface area contributed by atoms with Gasteiger partial charge in [-0.25, -0.2) is 9.89 Å². The molecule has 100 valence electrons. The van der Waals surface area contributed by atoms with E-state index in [1.165, 1.54) is 0 Å². The van der Waals surface area contributed by atoms with Crippen LogP contribution in [0.4, 0.5) is 5.69 Å². The molecule has 0 aliphatic carbocycles. The van der Waals surface area contributed by atoms with Crippen LogP contribution in [0.2, 0.25) is 0 Å². The Balaban J connectivity index is 2.02. The zero-order valence-electron chi connectivity index (χ0n) is 10.1. The molecule has 0 aromatic heterocycles. The van der Waals surface area contributed by atoms with Crippen LogP contribution < -0.4 is 4.90 Å². The van der Waals surface area contributed by atoms with E-state index in [9.17, 15) is 19.5 Å². The highest BCUT2D eigenvalue weighted by atomic mass is 32.2. The highest BCUT2D eigenvalue weighted by Gasteiger charge is 2.43. The second-order valence-corrected chi connectivity index (χ2v) is 5.07. The van der Waals surface area contributed by atoms with E-state index in [-0.39, 0.29) is 22.3 Å². The quantitative estimate of drug-likeness (QED) is 0.822. The van der Waals surface area contributed by atoms with Crippen molar-refractivity contribution in [3.63, 3.8) is 0 Å². The minimum Gasteiger partial charge on any atom is -0.502 e. The standard InChI is InChI=1S/C13H8N2O4S/c16-8-6-20-11(14-8)9-10(17)13(19)15(12(9)18)7-4-2-1-3-5-7/h1-5,17H,6H2. The lowest BCUT2D eigenvalue weighted by Gasteiger charge is -2.13. The summed E-state index contributed by atoms with van der Waals surface area (Å²) >= 11 is 1.04. The summed E-state index contributed by atoms with van der Waals surface area (Å²) in [7, 11) is 0. The number of para-hydroxylation sites is 1. The van der Waals surface area contributed by atoms with Crippen molar-refractivity contribution in [1.29, 1.82) is 0 Å². The zero-order chi connectivity index (χ0) is 14.3. The summed E-state index contributed by atoms with van der Waals surface area (Å²) in [6.07, 6.45) is 0. The molecule has 20 heavy (non-hydrogen) atoms. The van der Waals surface area contributed by atoms with Gasteiger partial charge in [-0.15, -0.1) is 0 Å². The number of thioether (sulfide) groups is 1. The third-order valence-electron chi connectivity index (χ3n) is 2.85. The fourth-order valence-electron chi connectivity index (χ4n) is 1.96. The predicted molar refractivity (Wildman–Crippen MR) is 73.5 cm³/mol. The molecule has 2 aliphatic heterocycles. The van der Waals surface area contributed by atoms with E-state index in [1.54, 1.807) is 30.3 Å². The molecular formula is C13H8N2O4S. The Hall–Kier alpha value is -2.41. The number of carbonyl (C=O) groups excluding carboxylic acids is 3. The molecule has 0 saturated carbocycles. The van der Waals surface area contributed by atoms with Crippen molar-refractivity contribution in [3.8, 4) is 0 Å². The number of aliphatic hydroxyl groups is 1. The van der Waals surface area contributed by atoms with Gasteiger partial charge in [-0.2, -0.15) is 0 Å². The Morgan fingerprint density at radius 3 is 2.40 bits per heavy atom. The van der Waals surface area contributed by atoms with E-state index in [1.807, 2.05) is 0 Å². The average Bonchev–Trinajstić information content (AvgIpc) is 2.94. The first kappa shape index (κ1) is 12.6. The van der Waals surface area contributed by atoms with Crippen LogP contribution in [0.25, 0.3) is 0 Å². The summed E-state index contributed by atoms with van der Waals surface area (Å²) in [6.45, 7) is 0. The molecule has 0 bridgehead atoms. The van der Waals surface area contributed by atoms with Crippen molar-refractivity contribution in [2.75, 3.05) is 10.7 Å². The average molecular weight is 288 g/mol. The molecule has 0 saturated heterocycles. The van der Waals surface area contributed by atoms with Crippen molar-refractivity contribution in [1.82, 2.24) is 0 Å². The second kappa shape index (κ2) is 4.61. The normalized spacial score (nSPS) is 19.1. The number of benzene rings is 1. The number of imide groups is 1. The summed E-state index contributed by atoms with van der Waals surface area (Å²) in [5.41, 5.74) is 0.161. The first-order valence-electron chi connectivity index (χ1n) is 5.71. The topological polar surface area (TPSA) is 87.0 Å². The van der Waals surface area contributed by atoms with Crippen LogP contribution in [0.1, 0.15) is 0 Å². The minimum atomic E-state index is -0.807. The van der Waals surface area contributed by atoms with Gasteiger partial charge in [0.15, 0.2) is 5.76 Å². The summed E-state index contributed by atoms with van der Waals surface area (Å²) < 4.78 is 0. The molecule has 1 aromatic carbocycles. The van der Waals surface area contributed by atoms with Gasteiger partial charge < -0.3 is 5.11 Å². The molecule has 2 heterocycles. The van der Waals surface area contributed by atoms with Gasteiger partial charge in [0.2, 0.25) is 0 Å². The maximum Gasteiger partial charge on any atom is 0.301 e. The lowest BCUT2D eigenvalue weighted by Crippen LogP contribution is -2.32. The molecule has 6 nitrogen and oxygen atoms in total. The Morgan fingerprint density at radius 1 is 1.10 bits per heavy atom. The van der Waals surface area contributed by atoms with Crippen LogP contribution >= 0.6 is 11.8 Å². The molecule has 0 spiro atoms.